The fourth-order valence-electron chi connectivity index (χ4n) is 1.84. The van der Waals surface area contributed by atoms with E-state index in [1.807, 2.05) is 36.4 Å². The van der Waals surface area contributed by atoms with E-state index in [1.165, 1.54) is 17.1 Å². The monoisotopic (exact) mass is 311 g/mol. The summed E-state index contributed by atoms with van der Waals surface area (Å²) in [7, 11) is 1.60. The van der Waals surface area contributed by atoms with Crippen LogP contribution < -0.4 is 5.32 Å². The summed E-state index contributed by atoms with van der Waals surface area (Å²) in [6.07, 6.45) is 3.60. The molecule has 1 amide bonds. The van der Waals surface area contributed by atoms with Crippen molar-refractivity contribution in [3.05, 3.63) is 47.8 Å². The van der Waals surface area contributed by atoms with Crippen molar-refractivity contribution in [2.75, 3.05) is 20.3 Å². The summed E-state index contributed by atoms with van der Waals surface area (Å²) in [5.41, 5.74) is 1.23. The molecule has 0 aliphatic carbocycles. The molecule has 7 heteroatoms. The first-order chi connectivity index (χ1) is 11.2. The van der Waals surface area contributed by atoms with Gasteiger partial charge in [-0.05, 0) is 24.6 Å². The van der Waals surface area contributed by atoms with Gasteiger partial charge in [0.1, 0.15) is 17.3 Å². The Morgan fingerprint density at radius 1 is 1.43 bits per heavy atom. The van der Waals surface area contributed by atoms with Crippen LogP contribution in [0.3, 0.4) is 0 Å². The number of benzene rings is 1. The molecule has 0 unspecified atom stereocenters. The van der Waals surface area contributed by atoms with Crippen LogP contribution in [0.2, 0.25) is 0 Å². The molecule has 118 valence electrons. The lowest BCUT2D eigenvalue weighted by molar-refractivity contribution is -0.117. The Hall–Kier alpha value is -2.98. The minimum absolute atomic E-state index is 0.0115. The van der Waals surface area contributed by atoms with Gasteiger partial charge in [0.15, 0.2) is 0 Å². The van der Waals surface area contributed by atoms with Gasteiger partial charge in [0.05, 0.1) is 11.9 Å². The van der Waals surface area contributed by atoms with Crippen molar-refractivity contribution < 1.29 is 9.53 Å². The molecule has 0 aliphatic heterocycles. The molecule has 0 fully saturated rings. The average molecular weight is 311 g/mol. The largest absolute Gasteiger partial charge is 0.385 e. The second kappa shape index (κ2) is 8.46. The van der Waals surface area contributed by atoms with E-state index in [1.54, 1.807) is 7.11 Å². The SMILES string of the molecule is COCCCNC(=O)C(C#N)=Cc1cnn(-c2ccccc2)n1. The maximum Gasteiger partial charge on any atom is 0.262 e. The molecule has 0 bridgehead atoms. The third-order valence-corrected chi connectivity index (χ3v) is 2.96. The number of rotatable bonds is 7. The van der Waals surface area contributed by atoms with Crippen molar-refractivity contribution in [1.29, 1.82) is 5.26 Å². The van der Waals surface area contributed by atoms with Gasteiger partial charge in [0.25, 0.3) is 5.91 Å². The Morgan fingerprint density at radius 2 is 2.22 bits per heavy atom. The number of nitrogens with one attached hydrogen (secondary N) is 1. The first-order valence-electron chi connectivity index (χ1n) is 7.11. The summed E-state index contributed by atoms with van der Waals surface area (Å²) in [4.78, 5) is 13.4. The molecule has 0 saturated heterocycles. The number of nitriles is 1. The highest BCUT2D eigenvalue weighted by Crippen LogP contribution is 2.07. The molecule has 0 radical (unpaired) electrons. The molecule has 0 spiro atoms. The van der Waals surface area contributed by atoms with E-state index in [4.69, 9.17) is 10.00 Å². The fourth-order valence-corrected chi connectivity index (χ4v) is 1.84. The maximum absolute atomic E-state index is 11.9. The number of amides is 1. The van der Waals surface area contributed by atoms with Crippen LogP contribution in [0.15, 0.2) is 42.1 Å². The fraction of sp³-hybridized carbons (Fsp3) is 0.250. The van der Waals surface area contributed by atoms with Crippen LogP contribution in [0.4, 0.5) is 0 Å². The van der Waals surface area contributed by atoms with Crippen LogP contribution in [-0.4, -0.2) is 41.2 Å². The van der Waals surface area contributed by atoms with E-state index in [-0.39, 0.29) is 5.57 Å². The van der Waals surface area contributed by atoms with Crippen LogP contribution in [0.5, 0.6) is 0 Å². The van der Waals surface area contributed by atoms with Gasteiger partial charge >= 0.3 is 0 Å². The van der Waals surface area contributed by atoms with Crippen LogP contribution in [0, 0.1) is 11.3 Å². The minimum Gasteiger partial charge on any atom is -0.385 e. The smallest absolute Gasteiger partial charge is 0.262 e. The van der Waals surface area contributed by atoms with E-state index in [0.717, 1.165) is 5.69 Å². The molecule has 0 saturated carbocycles. The molecule has 1 aromatic carbocycles. The van der Waals surface area contributed by atoms with Gasteiger partial charge < -0.3 is 10.1 Å². The third kappa shape index (κ3) is 4.76. The molecule has 1 N–H and O–H groups in total. The summed E-state index contributed by atoms with van der Waals surface area (Å²) >= 11 is 0. The summed E-state index contributed by atoms with van der Waals surface area (Å²) < 4.78 is 4.90. The van der Waals surface area contributed by atoms with E-state index in [2.05, 4.69) is 15.5 Å². The minimum atomic E-state index is -0.433. The quantitative estimate of drug-likeness (QED) is 0.473. The number of hydrogen-bond donors (Lipinski definition) is 1. The predicted octanol–water partition coefficient (Wildman–Crippen LogP) is 1.33. The van der Waals surface area contributed by atoms with Crippen molar-refractivity contribution in [1.82, 2.24) is 20.3 Å². The van der Waals surface area contributed by atoms with Crippen molar-refractivity contribution in [2.45, 2.75) is 6.42 Å². The highest BCUT2D eigenvalue weighted by Gasteiger charge is 2.10. The van der Waals surface area contributed by atoms with Crippen molar-refractivity contribution in [3.63, 3.8) is 0 Å². The number of nitrogens with zero attached hydrogens (tertiary/aromatic N) is 4. The molecule has 0 atom stereocenters. The second-order valence-corrected chi connectivity index (χ2v) is 4.67. The molecular formula is C16H17N5O2. The number of para-hydroxylation sites is 1. The normalized spacial score (nSPS) is 11.0. The molecule has 1 heterocycles. The number of methoxy groups -OCH3 is 1. The summed E-state index contributed by atoms with van der Waals surface area (Å²) in [5.74, 6) is -0.433. The molecule has 7 nitrogen and oxygen atoms in total. The number of hydrogen-bond acceptors (Lipinski definition) is 5. The first-order valence-corrected chi connectivity index (χ1v) is 7.11. The molecule has 2 aromatic rings. The van der Waals surface area contributed by atoms with E-state index in [0.29, 0.717) is 25.3 Å². The van der Waals surface area contributed by atoms with Gasteiger partial charge in [-0.15, -0.1) is 5.10 Å². The lowest BCUT2D eigenvalue weighted by Gasteiger charge is -2.02. The molecular weight excluding hydrogens is 294 g/mol. The Kier molecular flexibility index (Phi) is 6.03. The molecule has 1 aromatic heterocycles. The maximum atomic E-state index is 11.9. The Balaban J connectivity index is 2.05. The van der Waals surface area contributed by atoms with Crippen LogP contribution >= 0.6 is 0 Å². The van der Waals surface area contributed by atoms with E-state index >= 15 is 0 Å². The lowest BCUT2D eigenvalue weighted by atomic mass is 10.2. The molecule has 2 rings (SSSR count). The Labute approximate surface area is 134 Å². The topological polar surface area (TPSA) is 92.8 Å². The van der Waals surface area contributed by atoms with Gasteiger partial charge in [-0.1, -0.05) is 18.2 Å². The van der Waals surface area contributed by atoms with Crippen molar-refractivity contribution in [3.8, 4) is 11.8 Å². The summed E-state index contributed by atoms with van der Waals surface area (Å²) in [6.45, 7) is 1.000. The zero-order valence-corrected chi connectivity index (χ0v) is 12.8. The average Bonchev–Trinajstić information content (AvgIpc) is 3.06. The number of carbonyl (C=O) groups excluding carboxylic acids is 1. The number of ether oxygens (including phenoxy) is 1. The number of carbonyl (C=O) groups is 1. The van der Waals surface area contributed by atoms with Gasteiger partial charge in [0, 0.05) is 20.3 Å². The van der Waals surface area contributed by atoms with Crippen LogP contribution in [0.1, 0.15) is 12.1 Å². The second-order valence-electron chi connectivity index (χ2n) is 4.67. The summed E-state index contributed by atoms with van der Waals surface area (Å²) in [5, 5.41) is 20.1. The standard InChI is InChI=1S/C16H17N5O2/c1-23-9-5-8-18-16(22)13(11-17)10-14-12-19-21(20-14)15-6-3-2-4-7-15/h2-4,6-7,10,12H,5,8-9H2,1H3,(H,18,22). The van der Waals surface area contributed by atoms with Gasteiger partial charge in [-0.3, -0.25) is 4.79 Å². The van der Waals surface area contributed by atoms with Crippen molar-refractivity contribution in [2.24, 2.45) is 0 Å². The zero-order valence-electron chi connectivity index (χ0n) is 12.8. The Morgan fingerprint density at radius 3 is 2.91 bits per heavy atom. The summed E-state index contributed by atoms with van der Waals surface area (Å²) in [6, 6.07) is 11.3. The zero-order chi connectivity index (χ0) is 16.5. The number of aromatic nitrogens is 3. The van der Waals surface area contributed by atoms with Crippen LogP contribution in [0.25, 0.3) is 11.8 Å². The first kappa shape index (κ1) is 16.4. The molecule has 0 aliphatic rings. The lowest BCUT2D eigenvalue weighted by Crippen LogP contribution is -2.26. The van der Waals surface area contributed by atoms with Gasteiger partial charge in [-0.25, -0.2) is 0 Å². The van der Waals surface area contributed by atoms with Crippen LogP contribution in [-0.2, 0) is 9.53 Å². The van der Waals surface area contributed by atoms with Gasteiger partial charge in [0.2, 0.25) is 0 Å². The highest BCUT2D eigenvalue weighted by atomic mass is 16.5. The van der Waals surface area contributed by atoms with Gasteiger partial charge in [-0.2, -0.15) is 15.2 Å². The third-order valence-electron chi connectivity index (χ3n) is 2.96. The molecule has 23 heavy (non-hydrogen) atoms. The van der Waals surface area contributed by atoms with E-state index in [9.17, 15) is 4.79 Å². The predicted molar refractivity (Wildman–Crippen MR) is 84.5 cm³/mol. The highest BCUT2D eigenvalue weighted by molar-refractivity contribution is 6.01. The van der Waals surface area contributed by atoms with Crippen molar-refractivity contribution >= 4 is 12.0 Å². The van der Waals surface area contributed by atoms with E-state index < -0.39 is 5.91 Å². The Bertz CT molecular complexity index is 716.